The van der Waals surface area contributed by atoms with Crippen molar-refractivity contribution in [1.29, 1.82) is 0 Å². The van der Waals surface area contributed by atoms with Crippen molar-refractivity contribution in [3.63, 3.8) is 0 Å². The summed E-state index contributed by atoms with van der Waals surface area (Å²) in [6, 6.07) is 7.81. The summed E-state index contributed by atoms with van der Waals surface area (Å²) in [6.45, 7) is 2.20. The first-order chi connectivity index (χ1) is 12.1. The normalized spacial score (nSPS) is 17.3. The van der Waals surface area contributed by atoms with Crippen LogP contribution in [0.4, 0.5) is 5.69 Å². The molecule has 0 N–H and O–H groups in total. The Labute approximate surface area is 148 Å². The van der Waals surface area contributed by atoms with Crippen molar-refractivity contribution >= 4 is 22.4 Å². The number of ether oxygens (including phenoxy) is 2. The third kappa shape index (κ3) is 3.69. The van der Waals surface area contributed by atoms with Crippen LogP contribution in [-0.2, 0) is 9.53 Å². The molecule has 2 heterocycles. The molecule has 0 bridgehead atoms. The van der Waals surface area contributed by atoms with Gasteiger partial charge in [-0.15, -0.1) is 0 Å². The highest BCUT2D eigenvalue weighted by Gasteiger charge is 2.33. The Hall–Kier alpha value is -2.34. The molecule has 1 fully saturated rings. The lowest BCUT2D eigenvalue weighted by Gasteiger charge is -2.26. The first-order valence-corrected chi connectivity index (χ1v) is 8.61. The average molecular weight is 343 g/mol. The van der Waals surface area contributed by atoms with Crippen LogP contribution in [0.5, 0.6) is 5.88 Å². The van der Waals surface area contributed by atoms with E-state index < -0.39 is 0 Å². The Kier molecular flexibility index (Phi) is 5.38. The number of hydrogen-bond acceptors (Lipinski definition) is 6. The van der Waals surface area contributed by atoms with E-state index in [1.807, 2.05) is 38.4 Å². The van der Waals surface area contributed by atoms with Gasteiger partial charge in [-0.2, -0.15) is 0 Å². The van der Waals surface area contributed by atoms with Crippen LogP contribution in [0.25, 0.3) is 10.8 Å². The van der Waals surface area contributed by atoms with Crippen LogP contribution in [-0.4, -0.2) is 62.8 Å². The zero-order valence-corrected chi connectivity index (χ0v) is 15.1. The van der Waals surface area contributed by atoms with Gasteiger partial charge in [0.05, 0.1) is 18.2 Å². The van der Waals surface area contributed by atoms with Crippen LogP contribution in [0.2, 0.25) is 0 Å². The molecule has 2 aromatic rings. The molecule has 1 aromatic heterocycles. The zero-order valence-electron chi connectivity index (χ0n) is 15.1. The first-order valence-electron chi connectivity index (χ1n) is 8.61. The Balaban J connectivity index is 1.98. The number of likely N-dealkylation sites (N-methyl/N-ethyl adjacent to an activating group) is 1. The minimum atomic E-state index is -0.245. The average Bonchev–Trinajstić information content (AvgIpc) is 3.10. The summed E-state index contributed by atoms with van der Waals surface area (Å²) < 4.78 is 10.9. The Morgan fingerprint density at radius 1 is 1.36 bits per heavy atom. The Morgan fingerprint density at radius 2 is 2.20 bits per heavy atom. The number of rotatable bonds is 6. The molecule has 0 spiro atoms. The molecule has 0 amide bonds. The van der Waals surface area contributed by atoms with Crippen molar-refractivity contribution in [2.45, 2.75) is 18.9 Å². The lowest BCUT2D eigenvalue weighted by molar-refractivity contribution is -0.141. The lowest BCUT2D eigenvalue weighted by Crippen LogP contribution is -2.37. The number of pyridine rings is 1. The topological polar surface area (TPSA) is 54.9 Å². The van der Waals surface area contributed by atoms with Crippen molar-refractivity contribution in [3.8, 4) is 5.88 Å². The Bertz CT molecular complexity index is 743. The van der Waals surface area contributed by atoms with E-state index in [0.29, 0.717) is 12.5 Å². The number of esters is 1. The van der Waals surface area contributed by atoms with E-state index in [4.69, 9.17) is 9.47 Å². The van der Waals surface area contributed by atoms with Gasteiger partial charge < -0.3 is 19.3 Å². The molecule has 0 saturated carbocycles. The molecule has 1 aromatic carbocycles. The maximum atomic E-state index is 12.1. The maximum Gasteiger partial charge on any atom is 0.328 e. The lowest BCUT2D eigenvalue weighted by atomic mass is 10.1. The number of carbonyl (C=O) groups excluding carboxylic acids is 1. The molecule has 1 atom stereocenters. The van der Waals surface area contributed by atoms with E-state index in [9.17, 15) is 4.79 Å². The van der Waals surface area contributed by atoms with Gasteiger partial charge in [0, 0.05) is 19.3 Å². The molecule has 6 nitrogen and oxygen atoms in total. The fourth-order valence-electron chi connectivity index (χ4n) is 3.29. The fraction of sp³-hybridized carbons (Fsp3) is 0.474. The molecule has 3 rings (SSSR count). The standard InChI is InChI=1S/C19H25N3O3/c1-21(2)12-13-25-18-17-14(9-10-20-18)6-4-7-15(17)22-11-5-8-16(22)19(23)24-3/h4,6-7,9-10,16H,5,8,11-13H2,1-3H3. The van der Waals surface area contributed by atoms with Crippen LogP contribution in [0.1, 0.15) is 12.8 Å². The van der Waals surface area contributed by atoms with Crippen molar-refractivity contribution in [3.05, 3.63) is 30.5 Å². The van der Waals surface area contributed by atoms with Crippen LogP contribution < -0.4 is 9.64 Å². The second-order valence-corrected chi connectivity index (χ2v) is 6.52. The molecule has 0 radical (unpaired) electrons. The van der Waals surface area contributed by atoms with E-state index in [-0.39, 0.29) is 12.0 Å². The number of aromatic nitrogens is 1. The number of hydrogen-bond donors (Lipinski definition) is 0. The predicted octanol–water partition coefficient (Wildman–Crippen LogP) is 2.32. The molecule has 1 unspecified atom stereocenters. The molecule has 0 aliphatic carbocycles. The molecule has 1 aliphatic heterocycles. The molecule has 25 heavy (non-hydrogen) atoms. The molecule has 1 aliphatic rings. The summed E-state index contributed by atoms with van der Waals surface area (Å²) in [5.74, 6) is 0.430. The summed E-state index contributed by atoms with van der Waals surface area (Å²) in [7, 11) is 5.46. The molecule has 6 heteroatoms. The largest absolute Gasteiger partial charge is 0.476 e. The number of benzene rings is 1. The highest BCUT2D eigenvalue weighted by molar-refractivity contribution is 5.99. The summed E-state index contributed by atoms with van der Waals surface area (Å²) in [6.07, 6.45) is 3.53. The van der Waals surface area contributed by atoms with Gasteiger partial charge in [-0.25, -0.2) is 9.78 Å². The number of nitrogens with zero attached hydrogens (tertiary/aromatic N) is 3. The van der Waals surface area contributed by atoms with Gasteiger partial charge >= 0.3 is 5.97 Å². The van der Waals surface area contributed by atoms with Crippen LogP contribution in [0.3, 0.4) is 0 Å². The zero-order chi connectivity index (χ0) is 17.8. The number of fused-ring (bicyclic) bond motifs is 1. The third-order valence-corrected chi connectivity index (χ3v) is 4.55. The third-order valence-electron chi connectivity index (χ3n) is 4.55. The van der Waals surface area contributed by atoms with E-state index in [2.05, 4.69) is 14.8 Å². The van der Waals surface area contributed by atoms with Crippen molar-refractivity contribution in [2.24, 2.45) is 0 Å². The van der Waals surface area contributed by atoms with Gasteiger partial charge in [0.1, 0.15) is 12.6 Å². The maximum absolute atomic E-state index is 12.1. The minimum absolute atomic E-state index is 0.187. The second kappa shape index (κ2) is 7.70. The van der Waals surface area contributed by atoms with Gasteiger partial charge in [-0.05, 0) is 44.5 Å². The predicted molar refractivity (Wildman–Crippen MR) is 98.2 cm³/mol. The first kappa shape index (κ1) is 17.5. The van der Waals surface area contributed by atoms with Crippen molar-refractivity contribution in [1.82, 2.24) is 9.88 Å². The van der Waals surface area contributed by atoms with Crippen LogP contribution in [0.15, 0.2) is 30.5 Å². The summed E-state index contributed by atoms with van der Waals surface area (Å²) in [5.41, 5.74) is 0.985. The van der Waals surface area contributed by atoms with E-state index >= 15 is 0 Å². The van der Waals surface area contributed by atoms with E-state index in [1.165, 1.54) is 7.11 Å². The second-order valence-electron chi connectivity index (χ2n) is 6.52. The SMILES string of the molecule is COC(=O)C1CCCN1c1cccc2ccnc(OCCN(C)C)c12. The van der Waals surface area contributed by atoms with Gasteiger partial charge in [-0.3, -0.25) is 0 Å². The summed E-state index contributed by atoms with van der Waals surface area (Å²) in [5, 5.41) is 2.02. The molecular formula is C19H25N3O3. The van der Waals surface area contributed by atoms with Gasteiger partial charge in [-0.1, -0.05) is 12.1 Å². The fourth-order valence-corrected chi connectivity index (χ4v) is 3.29. The van der Waals surface area contributed by atoms with Crippen LogP contribution in [0, 0.1) is 0 Å². The minimum Gasteiger partial charge on any atom is -0.476 e. The summed E-state index contributed by atoms with van der Waals surface area (Å²) in [4.78, 5) is 20.8. The van der Waals surface area contributed by atoms with E-state index in [1.54, 1.807) is 6.20 Å². The van der Waals surface area contributed by atoms with Gasteiger partial charge in [0.2, 0.25) is 5.88 Å². The van der Waals surface area contributed by atoms with Gasteiger partial charge in [0.15, 0.2) is 0 Å². The van der Waals surface area contributed by atoms with Crippen LogP contribution >= 0.6 is 0 Å². The monoisotopic (exact) mass is 343 g/mol. The summed E-state index contributed by atoms with van der Waals surface area (Å²) >= 11 is 0. The highest BCUT2D eigenvalue weighted by Crippen LogP contribution is 2.36. The highest BCUT2D eigenvalue weighted by atomic mass is 16.5. The van der Waals surface area contributed by atoms with Crippen molar-refractivity contribution < 1.29 is 14.3 Å². The number of carbonyl (C=O) groups is 1. The number of methoxy groups -OCH3 is 1. The van der Waals surface area contributed by atoms with Gasteiger partial charge in [0.25, 0.3) is 0 Å². The van der Waals surface area contributed by atoms with Crippen molar-refractivity contribution in [2.75, 3.05) is 45.8 Å². The number of anilines is 1. The quantitative estimate of drug-likeness (QED) is 0.750. The molecule has 134 valence electrons. The molecular weight excluding hydrogens is 318 g/mol. The Morgan fingerprint density at radius 3 is 2.96 bits per heavy atom. The van der Waals surface area contributed by atoms with E-state index in [0.717, 1.165) is 42.4 Å². The molecule has 1 saturated heterocycles. The smallest absolute Gasteiger partial charge is 0.328 e.